The Bertz CT molecular complexity index is 515. The second-order valence-corrected chi connectivity index (χ2v) is 4.31. The summed E-state index contributed by atoms with van der Waals surface area (Å²) >= 11 is 0. The van der Waals surface area contributed by atoms with Gasteiger partial charge in [-0.2, -0.15) is 0 Å². The molecular formula is C14H15NO6. The van der Waals surface area contributed by atoms with Crippen molar-refractivity contribution in [3.8, 4) is 5.75 Å². The minimum atomic E-state index is -0.866. The maximum atomic E-state index is 11.5. The Labute approximate surface area is 121 Å². The predicted molar refractivity (Wildman–Crippen MR) is 70.4 cm³/mol. The molecule has 0 aromatic heterocycles. The molecule has 2 rings (SSSR count). The van der Waals surface area contributed by atoms with Crippen molar-refractivity contribution in [3.63, 3.8) is 0 Å². The van der Waals surface area contributed by atoms with Crippen LogP contribution in [0.25, 0.3) is 0 Å². The van der Waals surface area contributed by atoms with Gasteiger partial charge in [-0.1, -0.05) is 18.2 Å². The highest BCUT2D eigenvalue weighted by Gasteiger charge is 2.30. The first-order valence-electron chi connectivity index (χ1n) is 6.46. The zero-order valence-corrected chi connectivity index (χ0v) is 11.2. The molecule has 21 heavy (non-hydrogen) atoms. The van der Waals surface area contributed by atoms with E-state index >= 15 is 0 Å². The monoisotopic (exact) mass is 293 g/mol. The Morgan fingerprint density at radius 2 is 2.05 bits per heavy atom. The van der Waals surface area contributed by atoms with E-state index in [2.05, 4.69) is 10.1 Å². The van der Waals surface area contributed by atoms with Crippen molar-refractivity contribution in [2.75, 3.05) is 19.8 Å². The summed E-state index contributed by atoms with van der Waals surface area (Å²) in [6.07, 6.45) is -0.523. The molecule has 0 aliphatic carbocycles. The van der Waals surface area contributed by atoms with Crippen LogP contribution in [0.5, 0.6) is 5.75 Å². The summed E-state index contributed by atoms with van der Waals surface area (Å²) in [5.41, 5.74) is 0. The highest BCUT2D eigenvalue weighted by atomic mass is 16.6. The third-order valence-corrected chi connectivity index (χ3v) is 2.70. The molecule has 7 heteroatoms. The van der Waals surface area contributed by atoms with E-state index in [1.54, 1.807) is 24.3 Å². The number of benzene rings is 1. The average Bonchev–Trinajstić information content (AvgIpc) is 2.89. The van der Waals surface area contributed by atoms with Crippen LogP contribution < -0.4 is 10.1 Å². The third kappa shape index (κ3) is 4.79. The number of para-hydroxylation sites is 1. The Hall–Kier alpha value is -2.57. The minimum absolute atomic E-state index is 0.206. The number of carbonyl (C=O) groups excluding carboxylic acids is 3. The van der Waals surface area contributed by atoms with Gasteiger partial charge in [0.05, 0.1) is 6.61 Å². The maximum absolute atomic E-state index is 11.5. The second kappa shape index (κ2) is 7.28. The molecule has 0 radical (unpaired) electrons. The highest BCUT2D eigenvalue weighted by Crippen LogP contribution is 2.10. The normalized spacial score (nSPS) is 17.0. The van der Waals surface area contributed by atoms with Gasteiger partial charge >= 0.3 is 11.9 Å². The Kier molecular flexibility index (Phi) is 5.14. The van der Waals surface area contributed by atoms with Gasteiger partial charge in [-0.3, -0.25) is 9.59 Å². The summed E-state index contributed by atoms with van der Waals surface area (Å²) in [5.74, 6) is -1.14. The van der Waals surface area contributed by atoms with Crippen molar-refractivity contribution < 1.29 is 28.6 Å². The molecule has 1 aromatic carbocycles. The highest BCUT2D eigenvalue weighted by molar-refractivity contribution is 5.85. The van der Waals surface area contributed by atoms with Gasteiger partial charge in [-0.25, -0.2) is 4.79 Å². The zero-order chi connectivity index (χ0) is 15.1. The number of amides is 1. The summed E-state index contributed by atoms with van der Waals surface area (Å²) in [6.45, 7) is -0.280. The van der Waals surface area contributed by atoms with Gasteiger partial charge < -0.3 is 19.5 Å². The van der Waals surface area contributed by atoms with E-state index in [-0.39, 0.29) is 19.8 Å². The number of esters is 2. The van der Waals surface area contributed by atoms with Crippen LogP contribution in [0.4, 0.5) is 0 Å². The molecule has 0 saturated carbocycles. The largest absolute Gasteiger partial charge is 0.484 e. The molecular weight excluding hydrogens is 278 g/mol. The van der Waals surface area contributed by atoms with Crippen molar-refractivity contribution in [2.45, 2.75) is 12.5 Å². The molecule has 1 atom stereocenters. The first kappa shape index (κ1) is 14.8. The fourth-order valence-corrected chi connectivity index (χ4v) is 1.67. The quantitative estimate of drug-likeness (QED) is 0.745. The second-order valence-electron chi connectivity index (χ2n) is 4.31. The van der Waals surface area contributed by atoms with Gasteiger partial charge in [0.1, 0.15) is 12.3 Å². The molecule has 1 amide bonds. The van der Waals surface area contributed by atoms with E-state index in [1.165, 1.54) is 0 Å². The molecule has 1 aromatic rings. The van der Waals surface area contributed by atoms with Crippen LogP contribution in [0.2, 0.25) is 0 Å². The van der Waals surface area contributed by atoms with Crippen LogP contribution in [-0.2, 0) is 23.9 Å². The van der Waals surface area contributed by atoms with Gasteiger partial charge in [-0.05, 0) is 12.1 Å². The lowest BCUT2D eigenvalue weighted by molar-refractivity contribution is -0.159. The smallest absolute Gasteiger partial charge is 0.347 e. The van der Waals surface area contributed by atoms with Crippen molar-refractivity contribution in [1.29, 1.82) is 0 Å². The third-order valence-electron chi connectivity index (χ3n) is 2.70. The SMILES string of the molecule is O=C(COc1ccccc1)NCC(=O)O[C@H]1CCOC1=O. The molecule has 1 saturated heterocycles. The van der Waals surface area contributed by atoms with Crippen LogP contribution in [0.15, 0.2) is 30.3 Å². The van der Waals surface area contributed by atoms with Crippen molar-refractivity contribution >= 4 is 17.8 Å². The number of nitrogens with one attached hydrogen (secondary N) is 1. The van der Waals surface area contributed by atoms with E-state index in [0.717, 1.165) is 0 Å². The fourth-order valence-electron chi connectivity index (χ4n) is 1.67. The number of carbonyl (C=O) groups is 3. The fraction of sp³-hybridized carbons (Fsp3) is 0.357. The van der Waals surface area contributed by atoms with E-state index in [4.69, 9.17) is 9.47 Å². The van der Waals surface area contributed by atoms with E-state index in [0.29, 0.717) is 12.2 Å². The first-order chi connectivity index (χ1) is 10.1. The van der Waals surface area contributed by atoms with Gasteiger partial charge in [0.2, 0.25) is 6.10 Å². The predicted octanol–water partition coefficient (Wildman–Crippen LogP) is 0.0403. The first-order valence-corrected chi connectivity index (χ1v) is 6.46. The Balaban J connectivity index is 1.64. The van der Waals surface area contributed by atoms with Gasteiger partial charge in [0.25, 0.3) is 5.91 Å². The number of hydrogen-bond acceptors (Lipinski definition) is 6. The lowest BCUT2D eigenvalue weighted by Crippen LogP contribution is -2.36. The molecule has 0 unspecified atom stereocenters. The van der Waals surface area contributed by atoms with E-state index in [1.807, 2.05) is 6.07 Å². The number of ether oxygens (including phenoxy) is 3. The standard InChI is InChI=1S/C14H15NO6/c16-12(9-20-10-4-2-1-3-5-10)15-8-13(17)21-11-6-7-19-14(11)18/h1-5,11H,6-9H2,(H,15,16)/t11-/m0/s1. The van der Waals surface area contributed by atoms with Crippen LogP contribution in [0.1, 0.15) is 6.42 Å². The molecule has 1 fully saturated rings. The van der Waals surface area contributed by atoms with Crippen molar-refractivity contribution in [2.24, 2.45) is 0 Å². The van der Waals surface area contributed by atoms with Gasteiger partial charge in [-0.15, -0.1) is 0 Å². The molecule has 0 bridgehead atoms. The lowest BCUT2D eigenvalue weighted by atomic mass is 10.3. The Morgan fingerprint density at radius 3 is 2.71 bits per heavy atom. The number of hydrogen-bond donors (Lipinski definition) is 1. The lowest BCUT2D eigenvalue weighted by Gasteiger charge is -2.09. The van der Waals surface area contributed by atoms with E-state index < -0.39 is 23.9 Å². The molecule has 112 valence electrons. The summed E-state index contributed by atoms with van der Waals surface area (Å²) in [5, 5.41) is 2.35. The van der Waals surface area contributed by atoms with Gasteiger partial charge in [0.15, 0.2) is 6.61 Å². The number of rotatable bonds is 6. The molecule has 1 heterocycles. The van der Waals surface area contributed by atoms with Crippen LogP contribution in [0.3, 0.4) is 0 Å². The molecule has 1 aliphatic rings. The zero-order valence-electron chi connectivity index (χ0n) is 11.2. The van der Waals surface area contributed by atoms with Crippen LogP contribution >= 0.6 is 0 Å². The minimum Gasteiger partial charge on any atom is -0.484 e. The van der Waals surface area contributed by atoms with Gasteiger partial charge in [0, 0.05) is 6.42 Å². The number of cyclic esters (lactones) is 1. The maximum Gasteiger partial charge on any atom is 0.347 e. The molecule has 1 aliphatic heterocycles. The van der Waals surface area contributed by atoms with Crippen molar-refractivity contribution in [3.05, 3.63) is 30.3 Å². The van der Waals surface area contributed by atoms with Crippen molar-refractivity contribution in [1.82, 2.24) is 5.32 Å². The summed E-state index contributed by atoms with van der Waals surface area (Å²) in [4.78, 5) is 34.0. The van der Waals surface area contributed by atoms with Crippen LogP contribution in [-0.4, -0.2) is 43.7 Å². The molecule has 1 N–H and O–H groups in total. The Morgan fingerprint density at radius 1 is 1.29 bits per heavy atom. The topological polar surface area (TPSA) is 90.9 Å². The van der Waals surface area contributed by atoms with E-state index in [9.17, 15) is 14.4 Å². The molecule has 0 spiro atoms. The van der Waals surface area contributed by atoms with Crippen LogP contribution in [0, 0.1) is 0 Å². The summed E-state index contributed by atoms with van der Waals surface area (Å²) in [6, 6.07) is 8.83. The summed E-state index contributed by atoms with van der Waals surface area (Å²) < 4.78 is 14.7. The summed E-state index contributed by atoms with van der Waals surface area (Å²) in [7, 11) is 0. The molecule has 7 nitrogen and oxygen atoms in total. The average molecular weight is 293 g/mol.